The van der Waals surface area contributed by atoms with Crippen LogP contribution in [-0.2, 0) is 65.4 Å². The fourth-order valence-corrected chi connectivity index (χ4v) is 12.8. The molecule has 0 aliphatic heterocycles. The Bertz CT molecular complexity index is 1820. The van der Waals surface area contributed by atoms with Crippen molar-refractivity contribution in [3.8, 4) is 0 Å². The summed E-state index contributed by atoms with van der Waals surface area (Å²) in [6, 6.07) is 0. The van der Waals surface area contributed by atoms with Gasteiger partial charge in [-0.3, -0.25) is 37.3 Å². The predicted octanol–water partition coefficient (Wildman–Crippen LogP) is 21.4. The first-order chi connectivity index (χ1) is 44.7. The number of phosphoric acid groups is 2. The Morgan fingerprint density at radius 1 is 0.290 bits per heavy atom. The Morgan fingerprint density at radius 2 is 0.495 bits per heavy atom. The molecule has 0 saturated heterocycles. The van der Waals surface area contributed by atoms with E-state index in [9.17, 15) is 43.2 Å². The van der Waals surface area contributed by atoms with Gasteiger partial charge in [-0.25, -0.2) is 9.13 Å². The minimum atomic E-state index is -4.96. The molecule has 0 radical (unpaired) electrons. The van der Waals surface area contributed by atoms with Gasteiger partial charge in [-0.15, -0.1) is 0 Å². The number of rotatable bonds is 72. The number of hydrogen-bond donors (Lipinski definition) is 3. The monoisotopic (exact) mass is 1370 g/mol. The second kappa shape index (κ2) is 64.7. The van der Waals surface area contributed by atoms with E-state index in [1.165, 1.54) is 180 Å². The number of esters is 4. The van der Waals surface area contributed by atoms with Gasteiger partial charge in [0.05, 0.1) is 26.4 Å². The molecule has 0 heterocycles. The standard InChI is InChI=1S/C74H144O17P2/c1-8-9-10-11-12-13-14-19-23-26-34-41-48-55-71(76)84-61-69(90-73(78)57-50-43-35-27-24-21-18-16-15-17-20-22-25-31-38-45-52-65(2)3)63-88-92(80,81)86-59-68(75)60-87-93(82,83)89-64-70(62-85-72(77)56-49-42-37-30-33-40-47-54-67(6)7)91-74(79)58-51-44-36-29-28-32-39-46-53-66(4)5/h65-70,75H,8-64H2,1-7H3,(H,80,81)(H,82,83)/t68-,69-,70-/m1/s1. The number of unbranched alkanes of at least 4 members (excludes halogenated alkanes) is 40. The molecule has 2 unspecified atom stereocenters. The number of carbonyl (C=O) groups is 4. The third kappa shape index (κ3) is 68.4. The van der Waals surface area contributed by atoms with Crippen LogP contribution in [0.3, 0.4) is 0 Å². The SMILES string of the molecule is CCCCCCCCCCCCCCCC(=O)OC[C@H](COP(=O)(O)OC[C@@H](O)COP(=O)(O)OC[C@@H](COC(=O)CCCCCCCCCC(C)C)OC(=O)CCCCCCCCCCC(C)C)OC(=O)CCCCCCCCCCCCCCCCCCC(C)C. The fourth-order valence-electron chi connectivity index (χ4n) is 11.2. The molecule has 0 aromatic carbocycles. The van der Waals surface area contributed by atoms with Crippen molar-refractivity contribution in [3.05, 3.63) is 0 Å². The lowest BCUT2D eigenvalue weighted by Crippen LogP contribution is -2.30. The van der Waals surface area contributed by atoms with Crippen molar-refractivity contribution in [2.45, 2.75) is 394 Å². The molecule has 0 aliphatic rings. The Labute approximate surface area is 568 Å². The van der Waals surface area contributed by atoms with Gasteiger partial charge in [0.15, 0.2) is 12.2 Å². The first kappa shape index (κ1) is 91.1. The molecule has 17 nitrogen and oxygen atoms in total. The summed E-state index contributed by atoms with van der Waals surface area (Å²) in [5, 5.41) is 10.6. The number of phosphoric ester groups is 2. The van der Waals surface area contributed by atoms with E-state index in [0.717, 1.165) is 108 Å². The van der Waals surface area contributed by atoms with E-state index in [1.54, 1.807) is 0 Å². The normalized spacial score (nSPS) is 14.1. The Kier molecular flexibility index (Phi) is 63.4. The van der Waals surface area contributed by atoms with Gasteiger partial charge in [-0.05, 0) is 43.4 Å². The summed E-state index contributed by atoms with van der Waals surface area (Å²) in [7, 11) is -9.91. The number of aliphatic hydroxyl groups excluding tert-OH is 1. The summed E-state index contributed by atoms with van der Waals surface area (Å²) >= 11 is 0. The Morgan fingerprint density at radius 3 is 0.731 bits per heavy atom. The Hall–Kier alpha value is -1.94. The van der Waals surface area contributed by atoms with Gasteiger partial charge in [0, 0.05) is 25.7 Å². The van der Waals surface area contributed by atoms with Crippen LogP contribution < -0.4 is 0 Å². The molecule has 19 heteroatoms. The average Bonchev–Trinajstić information content (AvgIpc) is 3.14. The molecule has 3 N–H and O–H groups in total. The van der Waals surface area contributed by atoms with Crippen LogP contribution in [0, 0.1) is 17.8 Å². The van der Waals surface area contributed by atoms with E-state index < -0.39 is 97.5 Å². The average molecular weight is 1370 g/mol. The molecule has 0 bridgehead atoms. The van der Waals surface area contributed by atoms with Crippen LogP contribution in [0.25, 0.3) is 0 Å². The highest BCUT2D eigenvalue weighted by molar-refractivity contribution is 7.47. The fraction of sp³-hybridized carbons (Fsp3) is 0.946. The summed E-state index contributed by atoms with van der Waals surface area (Å²) < 4.78 is 68.4. The van der Waals surface area contributed by atoms with E-state index in [-0.39, 0.29) is 25.7 Å². The zero-order chi connectivity index (χ0) is 68.7. The summed E-state index contributed by atoms with van der Waals surface area (Å²) in [5.74, 6) is 0.110. The van der Waals surface area contributed by atoms with Gasteiger partial charge >= 0.3 is 39.5 Å². The number of aliphatic hydroxyl groups is 1. The van der Waals surface area contributed by atoms with Crippen molar-refractivity contribution in [1.29, 1.82) is 0 Å². The van der Waals surface area contributed by atoms with Crippen LogP contribution in [0.4, 0.5) is 0 Å². The third-order valence-electron chi connectivity index (χ3n) is 17.1. The van der Waals surface area contributed by atoms with Gasteiger partial charge in [-0.2, -0.15) is 0 Å². The zero-order valence-electron chi connectivity index (χ0n) is 60.7. The van der Waals surface area contributed by atoms with E-state index in [1.807, 2.05) is 0 Å². The Balaban J connectivity index is 5.22. The molecule has 0 rings (SSSR count). The highest BCUT2D eigenvalue weighted by atomic mass is 31.2. The minimum absolute atomic E-state index is 0.104. The van der Waals surface area contributed by atoms with Gasteiger partial charge in [0.25, 0.3) is 0 Å². The molecular formula is C74H144O17P2. The van der Waals surface area contributed by atoms with E-state index >= 15 is 0 Å². The quantitative estimate of drug-likeness (QED) is 0.0222. The summed E-state index contributed by atoms with van der Waals surface area (Å²) in [6.45, 7) is 11.8. The van der Waals surface area contributed by atoms with E-state index in [0.29, 0.717) is 31.6 Å². The molecule has 93 heavy (non-hydrogen) atoms. The zero-order valence-corrected chi connectivity index (χ0v) is 62.5. The molecule has 0 spiro atoms. The van der Waals surface area contributed by atoms with Crippen molar-refractivity contribution >= 4 is 39.5 Å². The van der Waals surface area contributed by atoms with Crippen LogP contribution in [0.1, 0.15) is 376 Å². The second-order valence-corrected chi connectivity index (χ2v) is 31.0. The van der Waals surface area contributed by atoms with E-state index in [2.05, 4.69) is 48.5 Å². The smallest absolute Gasteiger partial charge is 0.462 e. The predicted molar refractivity (Wildman–Crippen MR) is 377 cm³/mol. The van der Waals surface area contributed by atoms with Gasteiger partial charge in [0.1, 0.15) is 19.3 Å². The van der Waals surface area contributed by atoms with Crippen LogP contribution >= 0.6 is 15.6 Å². The first-order valence-electron chi connectivity index (χ1n) is 38.3. The topological polar surface area (TPSA) is 237 Å². The molecule has 0 fully saturated rings. The lowest BCUT2D eigenvalue weighted by atomic mass is 10.0. The number of ether oxygens (including phenoxy) is 4. The van der Waals surface area contributed by atoms with Gasteiger partial charge in [0.2, 0.25) is 0 Å². The maximum absolute atomic E-state index is 13.1. The maximum Gasteiger partial charge on any atom is 0.472 e. The van der Waals surface area contributed by atoms with Gasteiger partial charge < -0.3 is 33.8 Å². The molecule has 0 aliphatic carbocycles. The van der Waals surface area contributed by atoms with Crippen molar-refractivity contribution in [3.63, 3.8) is 0 Å². The van der Waals surface area contributed by atoms with Crippen LogP contribution in [-0.4, -0.2) is 96.7 Å². The van der Waals surface area contributed by atoms with Crippen LogP contribution in [0.2, 0.25) is 0 Å². The maximum atomic E-state index is 13.1. The first-order valence-corrected chi connectivity index (χ1v) is 41.3. The summed E-state index contributed by atoms with van der Waals surface area (Å²) in [5.41, 5.74) is 0. The van der Waals surface area contributed by atoms with Crippen molar-refractivity contribution in [1.82, 2.24) is 0 Å². The van der Waals surface area contributed by atoms with E-state index in [4.69, 9.17) is 37.0 Å². The largest absolute Gasteiger partial charge is 0.472 e. The number of hydrogen-bond acceptors (Lipinski definition) is 15. The summed E-state index contributed by atoms with van der Waals surface area (Å²) in [6.07, 6.45) is 50.1. The molecular weight excluding hydrogens is 1220 g/mol. The van der Waals surface area contributed by atoms with Gasteiger partial charge in [-0.1, -0.05) is 325 Å². The van der Waals surface area contributed by atoms with Crippen molar-refractivity contribution < 1.29 is 80.2 Å². The number of carbonyl (C=O) groups excluding carboxylic acids is 4. The molecule has 0 saturated carbocycles. The highest BCUT2D eigenvalue weighted by Crippen LogP contribution is 2.45. The molecule has 0 aromatic heterocycles. The molecule has 5 atom stereocenters. The molecule has 0 amide bonds. The van der Waals surface area contributed by atoms with Crippen molar-refractivity contribution in [2.75, 3.05) is 39.6 Å². The van der Waals surface area contributed by atoms with Crippen LogP contribution in [0.15, 0.2) is 0 Å². The second-order valence-electron chi connectivity index (χ2n) is 28.1. The molecule has 0 aromatic rings. The molecule has 552 valence electrons. The lowest BCUT2D eigenvalue weighted by molar-refractivity contribution is -0.161. The summed E-state index contributed by atoms with van der Waals surface area (Å²) in [4.78, 5) is 72.7. The minimum Gasteiger partial charge on any atom is -0.462 e. The third-order valence-corrected chi connectivity index (χ3v) is 19.0. The lowest BCUT2D eigenvalue weighted by Gasteiger charge is -2.21. The van der Waals surface area contributed by atoms with Crippen molar-refractivity contribution in [2.24, 2.45) is 17.8 Å². The highest BCUT2D eigenvalue weighted by Gasteiger charge is 2.30. The van der Waals surface area contributed by atoms with Crippen LogP contribution in [0.5, 0.6) is 0 Å².